The van der Waals surface area contributed by atoms with Crippen molar-refractivity contribution in [1.82, 2.24) is 20.0 Å². The van der Waals surface area contributed by atoms with E-state index in [4.69, 9.17) is 4.74 Å². The number of fused-ring (bicyclic) bond motifs is 1. The number of nitrogens with zero attached hydrogens (tertiary/aromatic N) is 3. The number of aromatic nitrogens is 2. The van der Waals surface area contributed by atoms with Gasteiger partial charge in [-0.05, 0) is 75.1 Å². The lowest BCUT2D eigenvalue weighted by molar-refractivity contribution is -0.134. The number of amides is 3. The number of nitrogens with one attached hydrogen (secondary N) is 2. The molecule has 1 atom stereocenters. The van der Waals surface area contributed by atoms with Gasteiger partial charge in [0.2, 0.25) is 11.8 Å². The standard InChI is InChI=1S/C27H31N5O4/c1-31-13-11-18(12-14-31)17-3-5-19(6-4-17)28-25(34)16-36-20-7-8-21-23(15-20)32(2)30-26(21)22-9-10-24(33)29-27(22)35/h3-8,15,18,22H,9-14,16H2,1-2H3,(H,28,34)(H,29,33,35). The Labute approximate surface area is 209 Å². The molecule has 0 bridgehead atoms. The zero-order valence-corrected chi connectivity index (χ0v) is 20.6. The van der Waals surface area contributed by atoms with Crippen molar-refractivity contribution in [3.8, 4) is 5.75 Å². The maximum absolute atomic E-state index is 12.5. The summed E-state index contributed by atoms with van der Waals surface area (Å²) in [6, 6.07) is 13.5. The van der Waals surface area contributed by atoms with Gasteiger partial charge in [0.1, 0.15) is 5.75 Å². The predicted molar refractivity (Wildman–Crippen MR) is 136 cm³/mol. The second-order valence-corrected chi connectivity index (χ2v) is 9.73. The van der Waals surface area contributed by atoms with Gasteiger partial charge in [-0.15, -0.1) is 0 Å². The first-order chi connectivity index (χ1) is 17.4. The molecule has 3 aromatic rings. The van der Waals surface area contributed by atoms with Crippen LogP contribution < -0.4 is 15.4 Å². The molecule has 5 rings (SSSR count). The average Bonchev–Trinajstić information content (AvgIpc) is 3.19. The van der Waals surface area contributed by atoms with E-state index < -0.39 is 5.92 Å². The fraction of sp³-hybridized carbons (Fsp3) is 0.407. The minimum atomic E-state index is -0.463. The largest absolute Gasteiger partial charge is 0.484 e. The molecular formula is C27H31N5O4. The number of hydrogen-bond donors (Lipinski definition) is 2. The third-order valence-corrected chi connectivity index (χ3v) is 7.18. The molecule has 2 N–H and O–H groups in total. The van der Waals surface area contributed by atoms with Crippen molar-refractivity contribution < 1.29 is 19.1 Å². The highest BCUT2D eigenvalue weighted by Gasteiger charge is 2.31. The van der Waals surface area contributed by atoms with E-state index >= 15 is 0 Å². The molecule has 3 heterocycles. The lowest BCUT2D eigenvalue weighted by Crippen LogP contribution is -2.39. The fourth-order valence-electron chi connectivity index (χ4n) is 5.09. The van der Waals surface area contributed by atoms with E-state index in [9.17, 15) is 14.4 Å². The Bertz CT molecular complexity index is 1290. The Morgan fingerprint density at radius 2 is 1.83 bits per heavy atom. The Morgan fingerprint density at radius 3 is 2.56 bits per heavy atom. The van der Waals surface area contributed by atoms with Crippen LogP contribution in [0.3, 0.4) is 0 Å². The predicted octanol–water partition coefficient (Wildman–Crippen LogP) is 2.92. The first-order valence-electron chi connectivity index (χ1n) is 12.4. The smallest absolute Gasteiger partial charge is 0.262 e. The van der Waals surface area contributed by atoms with Gasteiger partial charge in [0.25, 0.3) is 5.91 Å². The molecule has 2 saturated heterocycles. The van der Waals surface area contributed by atoms with Crippen molar-refractivity contribution in [2.45, 2.75) is 37.5 Å². The third-order valence-electron chi connectivity index (χ3n) is 7.18. The third kappa shape index (κ3) is 5.11. The minimum Gasteiger partial charge on any atom is -0.484 e. The number of aryl methyl sites for hydroxylation is 1. The summed E-state index contributed by atoms with van der Waals surface area (Å²) >= 11 is 0. The van der Waals surface area contributed by atoms with Crippen molar-refractivity contribution in [3.63, 3.8) is 0 Å². The first-order valence-corrected chi connectivity index (χ1v) is 12.4. The molecule has 36 heavy (non-hydrogen) atoms. The first kappa shape index (κ1) is 24.0. The number of imide groups is 1. The van der Waals surface area contributed by atoms with Gasteiger partial charge in [-0.25, -0.2) is 0 Å². The molecule has 2 aliphatic rings. The molecule has 9 heteroatoms. The van der Waals surface area contributed by atoms with E-state index in [2.05, 4.69) is 39.8 Å². The zero-order valence-electron chi connectivity index (χ0n) is 20.6. The minimum absolute atomic E-state index is 0.125. The summed E-state index contributed by atoms with van der Waals surface area (Å²) in [6.45, 7) is 2.10. The van der Waals surface area contributed by atoms with Gasteiger partial charge in [0, 0.05) is 30.6 Å². The van der Waals surface area contributed by atoms with E-state index in [0.29, 0.717) is 30.2 Å². The number of rotatable bonds is 6. The Balaban J connectivity index is 1.19. The van der Waals surface area contributed by atoms with Gasteiger partial charge in [0.15, 0.2) is 6.61 Å². The van der Waals surface area contributed by atoms with Gasteiger partial charge in [-0.3, -0.25) is 24.4 Å². The van der Waals surface area contributed by atoms with Gasteiger partial charge in [-0.2, -0.15) is 5.10 Å². The summed E-state index contributed by atoms with van der Waals surface area (Å²) in [6.07, 6.45) is 3.05. The molecular weight excluding hydrogens is 458 g/mol. The van der Waals surface area contributed by atoms with E-state index in [1.54, 1.807) is 23.9 Å². The van der Waals surface area contributed by atoms with Crippen LogP contribution in [0.1, 0.15) is 48.8 Å². The Hall–Kier alpha value is -3.72. The maximum Gasteiger partial charge on any atom is 0.262 e. The van der Waals surface area contributed by atoms with Gasteiger partial charge >= 0.3 is 0 Å². The molecule has 0 aliphatic carbocycles. The van der Waals surface area contributed by atoms with Crippen LogP contribution >= 0.6 is 0 Å². The number of likely N-dealkylation sites (tertiary alicyclic amines) is 1. The zero-order chi connectivity index (χ0) is 25.2. The van der Waals surface area contributed by atoms with Crippen molar-refractivity contribution in [2.75, 3.05) is 32.1 Å². The molecule has 1 unspecified atom stereocenters. The average molecular weight is 490 g/mol. The lowest BCUT2D eigenvalue weighted by atomic mass is 9.89. The van der Waals surface area contributed by atoms with Crippen LogP contribution in [0.25, 0.3) is 10.9 Å². The highest BCUT2D eigenvalue weighted by molar-refractivity contribution is 6.02. The topological polar surface area (TPSA) is 106 Å². The molecule has 0 spiro atoms. The molecule has 188 valence electrons. The van der Waals surface area contributed by atoms with Gasteiger partial charge in [-0.1, -0.05) is 12.1 Å². The van der Waals surface area contributed by atoms with Crippen LogP contribution in [0.5, 0.6) is 5.75 Å². The normalized spacial score (nSPS) is 19.3. The number of anilines is 1. The van der Waals surface area contributed by atoms with E-state index in [-0.39, 0.29) is 24.3 Å². The molecule has 2 aromatic carbocycles. The fourth-order valence-corrected chi connectivity index (χ4v) is 5.09. The second kappa shape index (κ2) is 10.1. The van der Waals surface area contributed by atoms with Crippen molar-refractivity contribution >= 4 is 34.3 Å². The molecule has 9 nitrogen and oxygen atoms in total. The van der Waals surface area contributed by atoms with Crippen molar-refractivity contribution in [3.05, 3.63) is 53.7 Å². The maximum atomic E-state index is 12.5. The Kier molecular flexibility index (Phi) is 6.73. The van der Waals surface area contributed by atoms with E-state index in [1.165, 1.54) is 5.56 Å². The Morgan fingerprint density at radius 1 is 1.08 bits per heavy atom. The summed E-state index contributed by atoms with van der Waals surface area (Å²) in [4.78, 5) is 38.6. The van der Waals surface area contributed by atoms with E-state index in [1.807, 2.05) is 18.2 Å². The van der Waals surface area contributed by atoms with Crippen molar-refractivity contribution in [1.29, 1.82) is 0 Å². The van der Waals surface area contributed by atoms with Gasteiger partial charge in [0.05, 0.1) is 17.1 Å². The molecule has 0 radical (unpaired) electrons. The van der Waals surface area contributed by atoms with Gasteiger partial charge < -0.3 is 15.0 Å². The summed E-state index contributed by atoms with van der Waals surface area (Å²) in [5.41, 5.74) is 3.50. The highest BCUT2D eigenvalue weighted by atomic mass is 16.5. The molecule has 1 aromatic heterocycles. The number of ether oxygens (including phenoxy) is 1. The number of hydrogen-bond acceptors (Lipinski definition) is 6. The summed E-state index contributed by atoms with van der Waals surface area (Å²) < 4.78 is 7.43. The van der Waals surface area contributed by atoms with Crippen LogP contribution in [0.4, 0.5) is 5.69 Å². The van der Waals surface area contributed by atoms with Crippen LogP contribution in [0.15, 0.2) is 42.5 Å². The quantitative estimate of drug-likeness (QED) is 0.516. The van der Waals surface area contributed by atoms with Crippen molar-refractivity contribution in [2.24, 2.45) is 7.05 Å². The number of benzene rings is 2. The molecule has 2 fully saturated rings. The number of carbonyl (C=O) groups excluding carboxylic acids is 3. The summed E-state index contributed by atoms with van der Waals surface area (Å²) in [7, 11) is 3.95. The summed E-state index contributed by atoms with van der Waals surface area (Å²) in [5.74, 6) is -0.160. The molecule has 3 amide bonds. The van der Waals surface area contributed by atoms with Crippen LogP contribution in [0, 0.1) is 0 Å². The van der Waals surface area contributed by atoms with Crippen LogP contribution in [0.2, 0.25) is 0 Å². The lowest BCUT2D eigenvalue weighted by Gasteiger charge is -2.29. The number of piperidine rings is 2. The monoisotopic (exact) mass is 489 g/mol. The van der Waals surface area contributed by atoms with E-state index in [0.717, 1.165) is 42.5 Å². The van der Waals surface area contributed by atoms with Crippen LogP contribution in [-0.2, 0) is 21.4 Å². The SMILES string of the molecule is CN1CCC(c2ccc(NC(=O)COc3ccc4c(C5CCC(=O)NC5=O)nn(C)c4c3)cc2)CC1. The molecule has 2 aliphatic heterocycles. The number of carbonyl (C=O) groups is 3. The highest BCUT2D eigenvalue weighted by Crippen LogP contribution is 2.32. The molecule has 0 saturated carbocycles. The van der Waals surface area contributed by atoms with Crippen LogP contribution in [-0.4, -0.2) is 59.1 Å². The second-order valence-electron chi connectivity index (χ2n) is 9.73. The summed E-state index contributed by atoms with van der Waals surface area (Å²) in [5, 5.41) is 10.6.